The van der Waals surface area contributed by atoms with Crippen molar-refractivity contribution >= 4 is 5.97 Å². The Morgan fingerprint density at radius 1 is 1.20 bits per heavy atom. The van der Waals surface area contributed by atoms with Gasteiger partial charge in [-0.15, -0.1) is 0 Å². The Kier molecular flexibility index (Phi) is 3.05. The van der Waals surface area contributed by atoms with Gasteiger partial charge in [0.1, 0.15) is 0 Å². The summed E-state index contributed by atoms with van der Waals surface area (Å²) in [6.07, 6.45) is 5.25. The Morgan fingerprint density at radius 2 is 1.80 bits per heavy atom. The summed E-state index contributed by atoms with van der Waals surface area (Å²) in [4.78, 5) is 11.2. The quantitative estimate of drug-likeness (QED) is 0.692. The minimum atomic E-state index is -0.257. The molecule has 15 heavy (non-hydrogen) atoms. The molecule has 80 valence electrons. The molecule has 0 unspecified atom stereocenters. The maximum atomic E-state index is 11.2. The van der Waals surface area contributed by atoms with Crippen molar-refractivity contribution in [1.82, 2.24) is 0 Å². The summed E-state index contributed by atoms with van der Waals surface area (Å²) in [7, 11) is 1.41. The molecule has 1 aromatic rings. The summed E-state index contributed by atoms with van der Waals surface area (Å²) >= 11 is 0. The van der Waals surface area contributed by atoms with Crippen LogP contribution in [0.2, 0.25) is 0 Å². The van der Waals surface area contributed by atoms with Crippen LogP contribution in [-0.4, -0.2) is 13.1 Å². The maximum absolute atomic E-state index is 11.2. The van der Waals surface area contributed by atoms with E-state index < -0.39 is 0 Å². The molecule has 1 aliphatic carbocycles. The predicted octanol–water partition coefficient (Wildman–Crippen LogP) is 3.13. The summed E-state index contributed by atoms with van der Waals surface area (Å²) in [6.45, 7) is 0. The van der Waals surface area contributed by atoms with Crippen molar-refractivity contribution in [2.75, 3.05) is 7.11 Å². The van der Waals surface area contributed by atoms with Gasteiger partial charge in [0.05, 0.1) is 12.7 Å². The molecule has 0 amide bonds. The lowest BCUT2D eigenvalue weighted by atomic mass is 9.97. The molecule has 0 aliphatic heterocycles. The molecule has 0 radical (unpaired) electrons. The molecular formula is C13H16O2. The predicted molar refractivity (Wildman–Crippen MR) is 59.0 cm³/mol. The molecule has 0 bridgehead atoms. The number of carbonyl (C=O) groups excluding carboxylic acids is 1. The van der Waals surface area contributed by atoms with Crippen LogP contribution in [0.15, 0.2) is 24.3 Å². The molecule has 0 aromatic heterocycles. The van der Waals surface area contributed by atoms with Crippen molar-refractivity contribution in [2.24, 2.45) is 0 Å². The van der Waals surface area contributed by atoms with E-state index in [1.807, 2.05) is 12.1 Å². The molecule has 0 atom stereocenters. The van der Waals surface area contributed by atoms with Gasteiger partial charge in [-0.25, -0.2) is 4.79 Å². The number of methoxy groups -OCH3 is 1. The van der Waals surface area contributed by atoms with Gasteiger partial charge in [-0.3, -0.25) is 0 Å². The Hall–Kier alpha value is -1.31. The minimum Gasteiger partial charge on any atom is -0.465 e. The summed E-state index contributed by atoms with van der Waals surface area (Å²) in [5.41, 5.74) is 2.00. The van der Waals surface area contributed by atoms with Crippen molar-refractivity contribution in [3.05, 3.63) is 35.4 Å². The highest BCUT2D eigenvalue weighted by Crippen LogP contribution is 2.33. The van der Waals surface area contributed by atoms with Gasteiger partial charge in [0, 0.05) is 0 Å². The van der Waals surface area contributed by atoms with Crippen molar-refractivity contribution < 1.29 is 9.53 Å². The van der Waals surface area contributed by atoms with Gasteiger partial charge in [0.2, 0.25) is 0 Å². The van der Waals surface area contributed by atoms with Crippen LogP contribution in [0.3, 0.4) is 0 Å². The van der Waals surface area contributed by atoms with E-state index in [0.717, 1.165) is 0 Å². The number of rotatable bonds is 2. The molecule has 2 rings (SSSR count). The molecule has 1 fully saturated rings. The molecule has 2 nitrogen and oxygen atoms in total. The fourth-order valence-corrected chi connectivity index (χ4v) is 2.27. The number of benzene rings is 1. The van der Waals surface area contributed by atoms with Crippen LogP contribution in [0.25, 0.3) is 0 Å². The van der Waals surface area contributed by atoms with Crippen LogP contribution >= 0.6 is 0 Å². The topological polar surface area (TPSA) is 26.3 Å². The molecule has 2 heteroatoms. The number of hydrogen-bond donors (Lipinski definition) is 0. The molecular weight excluding hydrogens is 188 g/mol. The fourth-order valence-electron chi connectivity index (χ4n) is 2.27. The zero-order valence-corrected chi connectivity index (χ0v) is 9.03. The number of esters is 1. The average molecular weight is 204 g/mol. The normalized spacial score (nSPS) is 16.6. The van der Waals surface area contributed by atoms with Crippen molar-refractivity contribution in [2.45, 2.75) is 31.6 Å². The first-order valence-corrected chi connectivity index (χ1v) is 5.49. The second-order valence-electron chi connectivity index (χ2n) is 4.09. The third-order valence-corrected chi connectivity index (χ3v) is 3.16. The van der Waals surface area contributed by atoms with Gasteiger partial charge < -0.3 is 4.74 Å². The highest BCUT2D eigenvalue weighted by atomic mass is 16.5. The van der Waals surface area contributed by atoms with Crippen molar-refractivity contribution in [3.8, 4) is 0 Å². The van der Waals surface area contributed by atoms with E-state index in [9.17, 15) is 4.79 Å². The monoisotopic (exact) mass is 204 g/mol. The molecule has 1 aliphatic rings. The van der Waals surface area contributed by atoms with Gasteiger partial charge >= 0.3 is 5.97 Å². The van der Waals surface area contributed by atoms with E-state index in [4.69, 9.17) is 0 Å². The molecule has 0 heterocycles. The van der Waals surface area contributed by atoms with Crippen molar-refractivity contribution in [3.63, 3.8) is 0 Å². The zero-order valence-electron chi connectivity index (χ0n) is 9.03. The fraction of sp³-hybridized carbons (Fsp3) is 0.462. The molecule has 1 aromatic carbocycles. The molecule has 0 spiro atoms. The highest BCUT2D eigenvalue weighted by molar-refractivity contribution is 5.89. The minimum absolute atomic E-state index is 0.257. The van der Waals surface area contributed by atoms with Crippen LogP contribution in [-0.2, 0) is 4.74 Å². The Morgan fingerprint density at radius 3 is 2.33 bits per heavy atom. The van der Waals surface area contributed by atoms with E-state index in [1.165, 1.54) is 38.4 Å². The van der Waals surface area contributed by atoms with E-state index in [1.54, 1.807) is 0 Å². The number of hydrogen-bond acceptors (Lipinski definition) is 2. The van der Waals surface area contributed by atoms with Gasteiger partial charge in [0.25, 0.3) is 0 Å². The summed E-state index contributed by atoms with van der Waals surface area (Å²) < 4.78 is 4.66. The van der Waals surface area contributed by atoms with E-state index >= 15 is 0 Å². The molecule has 0 saturated heterocycles. The van der Waals surface area contributed by atoms with Crippen LogP contribution < -0.4 is 0 Å². The second kappa shape index (κ2) is 4.47. The maximum Gasteiger partial charge on any atom is 0.337 e. The van der Waals surface area contributed by atoms with E-state index in [0.29, 0.717) is 11.5 Å². The third kappa shape index (κ3) is 2.20. The summed E-state index contributed by atoms with van der Waals surface area (Å²) in [5, 5.41) is 0. The lowest BCUT2D eigenvalue weighted by Gasteiger charge is -2.09. The first kappa shape index (κ1) is 10.2. The standard InChI is InChI=1S/C13H16O2/c1-15-13(14)12-8-6-11(7-9-12)10-4-2-3-5-10/h6-10H,2-5H2,1H3. The van der Waals surface area contributed by atoms with Gasteiger partial charge in [-0.1, -0.05) is 25.0 Å². The zero-order chi connectivity index (χ0) is 10.7. The smallest absolute Gasteiger partial charge is 0.337 e. The Labute approximate surface area is 90.3 Å². The lowest BCUT2D eigenvalue weighted by molar-refractivity contribution is 0.0600. The average Bonchev–Trinajstić information content (AvgIpc) is 2.82. The number of ether oxygens (including phenoxy) is 1. The highest BCUT2D eigenvalue weighted by Gasteiger charge is 2.17. The van der Waals surface area contributed by atoms with Crippen LogP contribution in [0.1, 0.15) is 47.5 Å². The summed E-state index contributed by atoms with van der Waals surface area (Å²) in [5.74, 6) is 0.449. The summed E-state index contributed by atoms with van der Waals surface area (Å²) in [6, 6.07) is 7.84. The van der Waals surface area contributed by atoms with E-state index in [-0.39, 0.29) is 5.97 Å². The third-order valence-electron chi connectivity index (χ3n) is 3.16. The lowest BCUT2D eigenvalue weighted by Crippen LogP contribution is -2.01. The van der Waals surface area contributed by atoms with Crippen LogP contribution in [0.4, 0.5) is 0 Å². The Bertz CT molecular complexity index is 334. The second-order valence-corrected chi connectivity index (χ2v) is 4.09. The van der Waals surface area contributed by atoms with Gasteiger partial charge in [-0.05, 0) is 36.5 Å². The van der Waals surface area contributed by atoms with Gasteiger partial charge in [-0.2, -0.15) is 0 Å². The van der Waals surface area contributed by atoms with Crippen LogP contribution in [0.5, 0.6) is 0 Å². The molecule has 0 N–H and O–H groups in total. The first-order valence-electron chi connectivity index (χ1n) is 5.49. The largest absolute Gasteiger partial charge is 0.465 e. The van der Waals surface area contributed by atoms with Crippen molar-refractivity contribution in [1.29, 1.82) is 0 Å². The first-order chi connectivity index (χ1) is 7.31. The Balaban J connectivity index is 2.12. The molecule has 1 saturated carbocycles. The van der Waals surface area contributed by atoms with Gasteiger partial charge in [0.15, 0.2) is 0 Å². The van der Waals surface area contributed by atoms with Crippen LogP contribution in [0, 0.1) is 0 Å². The van der Waals surface area contributed by atoms with E-state index in [2.05, 4.69) is 16.9 Å². The number of carbonyl (C=O) groups is 1. The SMILES string of the molecule is COC(=O)c1ccc(C2CCCC2)cc1.